The van der Waals surface area contributed by atoms with Crippen molar-refractivity contribution < 1.29 is 4.79 Å². The highest BCUT2D eigenvalue weighted by Crippen LogP contribution is 2.20. The van der Waals surface area contributed by atoms with Crippen molar-refractivity contribution in [3.8, 4) is 0 Å². The third-order valence-electron chi connectivity index (χ3n) is 4.24. The number of anilines is 2. The van der Waals surface area contributed by atoms with Crippen molar-refractivity contribution in [1.82, 2.24) is 9.88 Å². The average Bonchev–Trinajstić information content (AvgIpc) is 2.99. The molecule has 1 saturated heterocycles. The van der Waals surface area contributed by atoms with Crippen LogP contribution in [-0.2, 0) is 4.79 Å². The number of carbonyl (C=O) groups is 1. The van der Waals surface area contributed by atoms with Crippen LogP contribution >= 0.6 is 22.9 Å². The molecule has 1 aliphatic heterocycles. The van der Waals surface area contributed by atoms with Gasteiger partial charge in [-0.2, -0.15) is 0 Å². The number of halogens is 1. The van der Waals surface area contributed by atoms with Crippen LogP contribution < -0.4 is 10.2 Å². The molecular weight excluding hydrogens is 344 g/mol. The molecule has 0 bridgehead atoms. The van der Waals surface area contributed by atoms with E-state index in [1.165, 1.54) is 0 Å². The van der Waals surface area contributed by atoms with Crippen LogP contribution in [0.3, 0.4) is 0 Å². The number of hydrogen-bond acceptors (Lipinski definition) is 5. The number of benzene rings is 1. The molecule has 1 atom stereocenters. The Kier molecular flexibility index (Phi) is 5.71. The highest BCUT2D eigenvalue weighted by molar-refractivity contribution is 7.13. The highest BCUT2D eigenvalue weighted by Gasteiger charge is 2.24. The van der Waals surface area contributed by atoms with Gasteiger partial charge in [-0.3, -0.25) is 9.69 Å². The maximum absolute atomic E-state index is 12.5. The molecule has 2 aromatic rings. The molecule has 128 valence electrons. The molecule has 0 spiro atoms. The van der Waals surface area contributed by atoms with Crippen LogP contribution in [0, 0.1) is 0 Å². The summed E-state index contributed by atoms with van der Waals surface area (Å²) in [7, 11) is 0. The topological polar surface area (TPSA) is 48.5 Å². The molecule has 1 N–H and O–H groups in total. The summed E-state index contributed by atoms with van der Waals surface area (Å²) in [5.74, 6) is -0.0000322. The van der Waals surface area contributed by atoms with Crippen molar-refractivity contribution in [2.45, 2.75) is 19.4 Å². The number of amides is 1. The molecule has 1 fully saturated rings. The summed E-state index contributed by atoms with van der Waals surface area (Å²) in [6.45, 7) is 5.59. The van der Waals surface area contributed by atoms with Crippen molar-refractivity contribution in [2.24, 2.45) is 0 Å². The minimum Gasteiger partial charge on any atom is -0.347 e. The zero-order valence-corrected chi connectivity index (χ0v) is 15.2. The van der Waals surface area contributed by atoms with Gasteiger partial charge in [-0.15, -0.1) is 11.3 Å². The Morgan fingerprint density at radius 1 is 1.33 bits per heavy atom. The van der Waals surface area contributed by atoms with Crippen LogP contribution in [0.1, 0.15) is 13.3 Å². The Labute approximate surface area is 151 Å². The first-order valence-corrected chi connectivity index (χ1v) is 9.34. The van der Waals surface area contributed by atoms with Crippen LogP contribution in [-0.4, -0.2) is 48.0 Å². The maximum atomic E-state index is 12.5. The Balaban J connectivity index is 1.58. The standard InChI is InChI=1S/C17H21ClN4OS/c1-13(16(23)20-15-5-2-4-14(18)12-15)21-7-3-8-22(10-9-21)17-19-6-11-24-17/h2,4-6,11-13H,3,7-10H2,1H3,(H,20,23)/t13-/m1/s1. The van der Waals surface area contributed by atoms with E-state index in [1.807, 2.05) is 30.6 Å². The third kappa shape index (κ3) is 4.26. The Bertz CT molecular complexity index is 679. The summed E-state index contributed by atoms with van der Waals surface area (Å²) in [6.07, 6.45) is 2.86. The lowest BCUT2D eigenvalue weighted by Gasteiger charge is -2.26. The predicted octanol–water partition coefficient (Wildman–Crippen LogP) is 3.34. The van der Waals surface area contributed by atoms with Gasteiger partial charge in [-0.25, -0.2) is 4.98 Å². The quantitative estimate of drug-likeness (QED) is 0.904. The van der Waals surface area contributed by atoms with Crippen LogP contribution in [0.5, 0.6) is 0 Å². The fraction of sp³-hybridized carbons (Fsp3) is 0.412. The first-order valence-electron chi connectivity index (χ1n) is 8.08. The van der Waals surface area contributed by atoms with Gasteiger partial charge < -0.3 is 10.2 Å². The lowest BCUT2D eigenvalue weighted by Crippen LogP contribution is -2.43. The molecule has 0 aliphatic carbocycles. The van der Waals surface area contributed by atoms with Crippen LogP contribution in [0.2, 0.25) is 5.02 Å². The second-order valence-electron chi connectivity index (χ2n) is 5.87. The van der Waals surface area contributed by atoms with Gasteiger partial charge in [0.05, 0.1) is 6.04 Å². The summed E-state index contributed by atoms with van der Waals surface area (Å²) < 4.78 is 0. The van der Waals surface area contributed by atoms with E-state index in [2.05, 4.69) is 20.1 Å². The molecule has 24 heavy (non-hydrogen) atoms. The minimum absolute atomic E-state index is 0.0000322. The molecule has 5 nitrogen and oxygen atoms in total. The molecule has 1 aromatic carbocycles. The molecule has 0 saturated carbocycles. The van der Waals surface area contributed by atoms with Crippen LogP contribution in [0.4, 0.5) is 10.8 Å². The average molecular weight is 365 g/mol. The summed E-state index contributed by atoms with van der Waals surface area (Å²) in [4.78, 5) is 21.4. The lowest BCUT2D eigenvalue weighted by molar-refractivity contribution is -0.120. The normalized spacial score (nSPS) is 17.3. The van der Waals surface area contributed by atoms with E-state index in [1.54, 1.807) is 23.5 Å². The highest BCUT2D eigenvalue weighted by atomic mass is 35.5. The van der Waals surface area contributed by atoms with Gasteiger partial charge >= 0.3 is 0 Å². The fourth-order valence-electron chi connectivity index (χ4n) is 2.87. The maximum Gasteiger partial charge on any atom is 0.241 e. The van der Waals surface area contributed by atoms with Crippen molar-refractivity contribution in [3.63, 3.8) is 0 Å². The van der Waals surface area contributed by atoms with Gasteiger partial charge in [-0.1, -0.05) is 17.7 Å². The Hall–Kier alpha value is -1.63. The van der Waals surface area contributed by atoms with Crippen molar-refractivity contribution >= 4 is 39.7 Å². The summed E-state index contributed by atoms with van der Waals surface area (Å²) in [5.41, 5.74) is 0.735. The van der Waals surface area contributed by atoms with E-state index < -0.39 is 0 Å². The first kappa shape index (κ1) is 17.2. The van der Waals surface area contributed by atoms with Crippen LogP contribution in [0.15, 0.2) is 35.8 Å². The fourth-order valence-corrected chi connectivity index (χ4v) is 3.75. The van der Waals surface area contributed by atoms with Gasteiger partial charge in [-0.05, 0) is 31.5 Å². The molecule has 2 heterocycles. The number of rotatable bonds is 4. The monoisotopic (exact) mass is 364 g/mol. The zero-order chi connectivity index (χ0) is 16.9. The Morgan fingerprint density at radius 3 is 2.96 bits per heavy atom. The smallest absolute Gasteiger partial charge is 0.241 e. The predicted molar refractivity (Wildman–Crippen MR) is 100 cm³/mol. The molecule has 0 radical (unpaired) electrons. The number of hydrogen-bond donors (Lipinski definition) is 1. The van der Waals surface area contributed by atoms with Gasteiger partial charge in [0.15, 0.2) is 5.13 Å². The van der Waals surface area contributed by atoms with Gasteiger partial charge in [0.2, 0.25) is 5.91 Å². The SMILES string of the molecule is C[C@H](C(=O)Nc1cccc(Cl)c1)N1CCCN(c2nccs2)CC1. The summed E-state index contributed by atoms with van der Waals surface area (Å²) in [5, 5.41) is 6.63. The van der Waals surface area contributed by atoms with E-state index in [4.69, 9.17) is 11.6 Å². The van der Waals surface area contributed by atoms with E-state index in [9.17, 15) is 4.79 Å². The second-order valence-corrected chi connectivity index (χ2v) is 7.18. The minimum atomic E-state index is -0.180. The molecule has 7 heteroatoms. The molecule has 1 aliphatic rings. The number of aromatic nitrogens is 1. The van der Waals surface area contributed by atoms with E-state index in [0.29, 0.717) is 5.02 Å². The third-order valence-corrected chi connectivity index (χ3v) is 5.31. The van der Waals surface area contributed by atoms with Gasteiger partial charge in [0.25, 0.3) is 0 Å². The van der Waals surface area contributed by atoms with Crippen molar-refractivity contribution in [3.05, 3.63) is 40.9 Å². The van der Waals surface area contributed by atoms with Crippen LogP contribution in [0.25, 0.3) is 0 Å². The van der Waals surface area contributed by atoms with Gasteiger partial charge in [0, 0.05) is 48.5 Å². The lowest BCUT2D eigenvalue weighted by atomic mass is 10.2. The van der Waals surface area contributed by atoms with Crippen molar-refractivity contribution in [2.75, 3.05) is 36.4 Å². The first-order chi connectivity index (χ1) is 11.6. The molecule has 0 unspecified atom stereocenters. The van der Waals surface area contributed by atoms with Crippen molar-refractivity contribution in [1.29, 1.82) is 0 Å². The molecule has 1 aromatic heterocycles. The zero-order valence-electron chi connectivity index (χ0n) is 13.6. The Morgan fingerprint density at radius 2 is 2.21 bits per heavy atom. The summed E-state index contributed by atoms with van der Waals surface area (Å²) in [6, 6.07) is 7.06. The largest absolute Gasteiger partial charge is 0.347 e. The van der Waals surface area contributed by atoms with E-state index in [-0.39, 0.29) is 11.9 Å². The number of nitrogens with one attached hydrogen (secondary N) is 1. The van der Waals surface area contributed by atoms with Gasteiger partial charge in [0.1, 0.15) is 0 Å². The second kappa shape index (κ2) is 7.96. The number of thiazole rings is 1. The van der Waals surface area contributed by atoms with E-state index >= 15 is 0 Å². The number of nitrogens with zero attached hydrogens (tertiary/aromatic N) is 3. The summed E-state index contributed by atoms with van der Waals surface area (Å²) >= 11 is 7.63. The molecule has 3 rings (SSSR count). The number of carbonyl (C=O) groups excluding carboxylic acids is 1. The molecule has 1 amide bonds. The molecular formula is C17H21ClN4OS. The van der Waals surface area contributed by atoms with E-state index in [0.717, 1.165) is 43.4 Å².